The van der Waals surface area contributed by atoms with Gasteiger partial charge in [0.1, 0.15) is 0 Å². The Kier molecular flexibility index (Phi) is 6.39. The van der Waals surface area contributed by atoms with E-state index in [1.165, 1.54) is 0 Å². The molecule has 1 unspecified atom stereocenters. The normalized spacial score (nSPS) is 12.3. The quantitative estimate of drug-likeness (QED) is 0.744. The predicted octanol–water partition coefficient (Wildman–Crippen LogP) is 3.76. The fourth-order valence-corrected chi connectivity index (χ4v) is 2.88. The highest BCUT2D eigenvalue weighted by molar-refractivity contribution is 5.83. The van der Waals surface area contributed by atoms with Gasteiger partial charge in [0.25, 0.3) is 5.91 Å². The smallest absolute Gasteiger partial charge is 0.252 e. The summed E-state index contributed by atoms with van der Waals surface area (Å²) in [6.45, 7) is 7.96. The van der Waals surface area contributed by atoms with Crippen LogP contribution in [0.15, 0.2) is 48.8 Å². The van der Waals surface area contributed by atoms with Crippen molar-refractivity contribution in [3.8, 4) is 0 Å². The van der Waals surface area contributed by atoms with Gasteiger partial charge >= 0.3 is 0 Å². The second-order valence-electron chi connectivity index (χ2n) is 5.86. The molecule has 1 amide bonds. The number of hydrogen-bond acceptors (Lipinski definition) is 2. The van der Waals surface area contributed by atoms with Crippen LogP contribution >= 0.6 is 0 Å². The Bertz CT molecular complexity index is 576. The van der Waals surface area contributed by atoms with E-state index < -0.39 is 0 Å². The first-order chi connectivity index (χ1) is 11.2. The summed E-state index contributed by atoms with van der Waals surface area (Å²) in [6, 6.07) is 11.4. The van der Waals surface area contributed by atoms with Crippen LogP contribution in [0.5, 0.6) is 0 Å². The standard InChI is InChI=1S/C19H27N3O/c1-4-16(5-2)15-21(6-3)19(23)18(22-14-10-13-20-22)17-11-8-7-9-12-17/h7-14,16,18H,4-6,15H2,1-3H3. The molecule has 0 N–H and O–H groups in total. The number of aromatic nitrogens is 2. The van der Waals surface area contributed by atoms with Crippen LogP contribution in [0, 0.1) is 5.92 Å². The molecule has 0 fully saturated rings. The Hall–Kier alpha value is -2.10. The van der Waals surface area contributed by atoms with Crippen LogP contribution in [0.4, 0.5) is 0 Å². The second-order valence-corrected chi connectivity index (χ2v) is 5.86. The van der Waals surface area contributed by atoms with Gasteiger partial charge in [-0.2, -0.15) is 5.10 Å². The van der Waals surface area contributed by atoms with Gasteiger partial charge in [0.05, 0.1) is 0 Å². The minimum atomic E-state index is -0.388. The first-order valence-corrected chi connectivity index (χ1v) is 8.54. The van der Waals surface area contributed by atoms with Gasteiger partial charge in [-0.15, -0.1) is 0 Å². The fourth-order valence-electron chi connectivity index (χ4n) is 2.88. The minimum absolute atomic E-state index is 0.120. The summed E-state index contributed by atoms with van der Waals surface area (Å²) < 4.78 is 1.76. The van der Waals surface area contributed by atoms with Crippen LogP contribution < -0.4 is 0 Å². The van der Waals surface area contributed by atoms with Crippen molar-refractivity contribution in [2.45, 2.75) is 39.7 Å². The molecule has 23 heavy (non-hydrogen) atoms. The highest BCUT2D eigenvalue weighted by Crippen LogP contribution is 2.21. The lowest BCUT2D eigenvalue weighted by atomic mass is 10.0. The monoisotopic (exact) mass is 313 g/mol. The molecular formula is C19H27N3O. The molecule has 1 aromatic heterocycles. The van der Waals surface area contributed by atoms with Crippen LogP contribution in [0.25, 0.3) is 0 Å². The van der Waals surface area contributed by atoms with Crippen molar-refractivity contribution < 1.29 is 4.79 Å². The Balaban J connectivity index is 2.29. The number of rotatable bonds is 8. The van der Waals surface area contributed by atoms with Crippen molar-refractivity contribution in [1.82, 2.24) is 14.7 Å². The molecule has 4 nitrogen and oxygen atoms in total. The predicted molar refractivity (Wildman–Crippen MR) is 93.1 cm³/mol. The van der Waals surface area contributed by atoms with Gasteiger partial charge in [0.2, 0.25) is 0 Å². The van der Waals surface area contributed by atoms with Gasteiger partial charge < -0.3 is 4.90 Å². The van der Waals surface area contributed by atoms with Crippen LogP contribution in [0.1, 0.15) is 45.2 Å². The van der Waals surface area contributed by atoms with Crippen molar-refractivity contribution >= 4 is 5.91 Å². The van der Waals surface area contributed by atoms with Crippen molar-refractivity contribution in [3.05, 3.63) is 54.4 Å². The van der Waals surface area contributed by atoms with E-state index in [4.69, 9.17) is 0 Å². The molecular weight excluding hydrogens is 286 g/mol. The SMILES string of the molecule is CCC(CC)CN(CC)C(=O)C(c1ccccc1)n1cccn1. The van der Waals surface area contributed by atoms with E-state index >= 15 is 0 Å². The molecule has 0 aliphatic heterocycles. The third kappa shape index (κ3) is 4.21. The number of amides is 1. The van der Waals surface area contributed by atoms with E-state index in [0.717, 1.165) is 31.5 Å². The zero-order chi connectivity index (χ0) is 16.7. The number of carbonyl (C=O) groups is 1. The van der Waals surface area contributed by atoms with Crippen LogP contribution in [0.3, 0.4) is 0 Å². The third-order valence-electron chi connectivity index (χ3n) is 4.47. The molecule has 0 bridgehead atoms. The highest BCUT2D eigenvalue weighted by Gasteiger charge is 2.28. The van der Waals surface area contributed by atoms with E-state index in [1.807, 2.05) is 54.4 Å². The molecule has 0 saturated heterocycles. The molecule has 124 valence electrons. The maximum atomic E-state index is 13.2. The summed E-state index contributed by atoms with van der Waals surface area (Å²) in [5.41, 5.74) is 0.976. The Morgan fingerprint density at radius 2 is 1.83 bits per heavy atom. The Labute approximate surface area is 139 Å². The lowest BCUT2D eigenvalue weighted by Crippen LogP contribution is -2.40. The molecule has 0 radical (unpaired) electrons. The number of benzene rings is 1. The summed E-state index contributed by atoms with van der Waals surface area (Å²) in [7, 11) is 0. The molecule has 4 heteroatoms. The lowest BCUT2D eigenvalue weighted by molar-refractivity contribution is -0.134. The number of likely N-dealkylation sites (N-methyl/N-ethyl adjacent to an activating group) is 1. The van der Waals surface area contributed by atoms with E-state index in [0.29, 0.717) is 5.92 Å². The van der Waals surface area contributed by atoms with Crippen molar-refractivity contribution in [3.63, 3.8) is 0 Å². The molecule has 1 aromatic carbocycles. The van der Waals surface area contributed by atoms with E-state index in [-0.39, 0.29) is 11.9 Å². The first-order valence-electron chi connectivity index (χ1n) is 8.54. The molecule has 0 aliphatic rings. The van der Waals surface area contributed by atoms with Crippen LogP contribution in [-0.4, -0.2) is 33.7 Å². The molecule has 0 saturated carbocycles. The Morgan fingerprint density at radius 1 is 1.13 bits per heavy atom. The summed E-state index contributed by atoms with van der Waals surface area (Å²) in [6.07, 6.45) is 5.77. The molecule has 0 spiro atoms. The van der Waals surface area contributed by atoms with Crippen LogP contribution in [0.2, 0.25) is 0 Å². The third-order valence-corrected chi connectivity index (χ3v) is 4.47. The van der Waals surface area contributed by atoms with E-state index in [1.54, 1.807) is 10.9 Å². The second kappa shape index (κ2) is 8.51. The zero-order valence-electron chi connectivity index (χ0n) is 14.4. The highest BCUT2D eigenvalue weighted by atomic mass is 16.2. The molecule has 0 aliphatic carbocycles. The number of carbonyl (C=O) groups excluding carboxylic acids is 1. The van der Waals surface area contributed by atoms with Crippen LogP contribution in [-0.2, 0) is 4.79 Å². The van der Waals surface area contributed by atoms with Gasteiger partial charge in [-0.3, -0.25) is 9.48 Å². The topological polar surface area (TPSA) is 38.1 Å². The maximum Gasteiger partial charge on any atom is 0.252 e. The molecule has 1 heterocycles. The molecule has 2 rings (SSSR count). The lowest BCUT2D eigenvalue weighted by Gasteiger charge is -2.29. The fraction of sp³-hybridized carbons (Fsp3) is 0.474. The molecule has 1 atom stereocenters. The minimum Gasteiger partial charge on any atom is -0.341 e. The number of hydrogen-bond donors (Lipinski definition) is 0. The molecule has 2 aromatic rings. The summed E-state index contributed by atoms with van der Waals surface area (Å²) >= 11 is 0. The number of nitrogens with zero attached hydrogens (tertiary/aromatic N) is 3. The van der Waals surface area contributed by atoms with Crippen molar-refractivity contribution in [2.75, 3.05) is 13.1 Å². The van der Waals surface area contributed by atoms with Gasteiger partial charge in [0, 0.05) is 25.5 Å². The maximum absolute atomic E-state index is 13.2. The van der Waals surface area contributed by atoms with Gasteiger partial charge in [-0.25, -0.2) is 0 Å². The first kappa shape index (κ1) is 17.3. The van der Waals surface area contributed by atoms with Crippen molar-refractivity contribution in [2.24, 2.45) is 5.92 Å². The van der Waals surface area contributed by atoms with Crippen molar-refractivity contribution in [1.29, 1.82) is 0 Å². The average molecular weight is 313 g/mol. The summed E-state index contributed by atoms with van der Waals surface area (Å²) in [5.74, 6) is 0.669. The largest absolute Gasteiger partial charge is 0.341 e. The van der Waals surface area contributed by atoms with Gasteiger partial charge in [-0.1, -0.05) is 57.0 Å². The Morgan fingerprint density at radius 3 is 2.35 bits per heavy atom. The summed E-state index contributed by atoms with van der Waals surface area (Å²) in [4.78, 5) is 15.2. The van der Waals surface area contributed by atoms with E-state index in [9.17, 15) is 4.79 Å². The van der Waals surface area contributed by atoms with E-state index in [2.05, 4.69) is 18.9 Å². The van der Waals surface area contributed by atoms with Gasteiger partial charge in [0.15, 0.2) is 6.04 Å². The zero-order valence-corrected chi connectivity index (χ0v) is 14.4. The van der Waals surface area contributed by atoms with Gasteiger partial charge in [-0.05, 0) is 24.5 Å². The average Bonchev–Trinajstić information content (AvgIpc) is 3.11. The summed E-state index contributed by atoms with van der Waals surface area (Å²) in [5, 5.41) is 4.32.